The number of ether oxygens (including phenoxy) is 2. The first-order valence-corrected chi connectivity index (χ1v) is 9.17. The van der Waals surface area contributed by atoms with Gasteiger partial charge in [0, 0.05) is 12.5 Å². The predicted octanol–water partition coefficient (Wildman–Crippen LogP) is 3.64. The summed E-state index contributed by atoms with van der Waals surface area (Å²) in [6.45, 7) is 1.50. The number of fused-ring (bicyclic) bond motifs is 1. The Balaban J connectivity index is 1.72. The molecule has 0 radical (unpaired) electrons. The predicted molar refractivity (Wildman–Crippen MR) is 88.5 cm³/mol. The zero-order valence-corrected chi connectivity index (χ0v) is 13.6. The van der Waals surface area contributed by atoms with Crippen LogP contribution in [0.15, 0.2) is 18.2 Å². The zero-order valence-electron chi connectivity index (χ0n) is 12.8. The highest BCUT2D eigenvalue weighted by Crippen LogP contribution is 2.35. The normalized spacial score (nSPS) is 20.8. The van der Waals surface area contributed by atoms with Gasteiger partial charge in [0.05, 0.1) is 13.2 Å². The van der Waals surface area contributed by atoms with Crippen molar-refractivity contribution in [3.8, 4) is 11.5 Å². The molecule has 1 N–H and O–H groups in total. The molecule has 1 saturated heterocycles. The van der Waals surface area contributed by atoms with Crippen LogP contribution in [0.4, 0.5) is 0 Å². The highest BCUT2D eigenvalue weighted by Gasteiger charge is 2.21. The standard InChI is InChI=1S/C17H25NO2S/c1-18-15(11-13-5-9-21-10-6-13)14-3-4-16-17(12-14)20-8-2-7-19-16/h3-4,12-13,15,18H,2,5-11H2,1H3. The van der Waals surface area contributed by atoms with E-state index in [2.05, 4.69) is 42.3 Å². The van der Waals surface area contributed by atoms with Crippen molar-refractivity contribution in [1.29, 1.82) is 0 Å². The minimum Gasteiger partial charge on any atom is -0.490 e. The van der Waals surface area contributed by atoms with Gasteiger partial charge in [0.15, 0.2) is 11.5 Å². The Hall–Kier alpha value is -0.870. The molecule has 21 heavy (non-hydrogen) atoms. The van der Waals surface area contributed by atoms with Crippen LogP contribution in [0.1, 0.15) is 37.3 Å². The summed E-state index contributed by atoms with van der Waals surface area (Å²) in [5.74, 6) is 5.29. The van der Waals surface area contributed by atoms with E-state index in [9.17, 15) is 0 Å². The van der Waals surface area contributed by atoms with Crippen LogP contribution in [-0.4, -0.2) is 31.8 Å². The molecular weight excluding hydrogens is 282 g/mol. The summed E-state index contributed by atoms with van der Waals surface area (Å²) >= 11 is 2.09. The van der Waals surface area contributed by atoms with E-state index in [4.69, 9.17) is 9.47 Å². The van der Waals surface area contributed by atoms with Gasteiger partial charge in [-0.2, -0.15) is 11.8 Å². The summed E-state index contributed by atoms with van der Waals surface area (Å²) in [7, 11) is 2.06. The van der Waals surface area contributed by atoms with Gasteiger partial charge in [-0.25, -0.2) is 0 Å². The van der Waals surface area contributed by atoms with Gasteiger partial charge < -0.3 is 14.8 Å². The summed E-state index contributed by atoms with van der Waals surface area (Å²) in [4.78, 5) is 0. The molecule has 2 aliphatic rings. The lowest BCUT2D eigenvalue weighted by atomic mass is 9.90. The van der Waals surface area contributed by atoms with Crippen LogP contribution >= 0.6 is 11.8 Å². The van der Waals surface area contributed by atoms with Crippen LogP contribution in [-0.2, 0) is 0 Å². The molecule has 0 aromatic heterocycles. The fourth-order valence-electron chi connectivity index (χ4n) is 3.13. The Kier molecular flexibility index (Phi) is 5.31. The van der Waals surface area contributed by atoms with E-state index < -0.39 is 0 Å². The number of nitrogens with one attached hydrogen (secondary N) is 1. The fraction of sp³-hybridized carbons (Fsp3) is 0.647. The summed E-state index contributed by atoms with van der Waals surface area (Å²) < 4.78 is 11.5. The summed E-state index contributed by atoms with van der Waals surface area (Å²) in [6, 6.07) is 6.83. The van der Waals surface area contributed by atoms with E-state index in [-0.39, 0.29) is 0 Å². The van der Waals surface area contributed by atoms with Crippen molar-refractivity contribution in [3.63, 3.8) is 0 Å². The lowest BCUT2D eigenvalue weighted by Crippen LogP contribution is -2.22. The summed E-state index contributed by atoms with van der Waals surface area (Å²) in [6.07, 6.45) is 4.89. The second-order valence-corrected chi connectivity index (χ2v) is 7.11. The maximum atomic E-state index is 5.82. The van der Waals surface area contributed by atoms with Gasteiger partial charge in [-0.1, -0.05) is 6.07 Å². The highest BCUT2D eigenvalue weighted by molar-refractivity contribution is 7.99. The molecule has 2 heterocycles. The SMILES string of the molecule is CNC(CC1CCSCC1)c1ccc2c(c1)OCCCO2. The van der Waals surface area contributed by atoms with Gasteiger partial charge in [-0.15, -0.1) is 0 Å². The monoisotopic (exact) mass is 307 g/mol. The Bertz CT molecular complexity index is 460. The van der Waals surface area contributed by atoms with E-state index in [0.717, 1.165) is 37.1 Å². The van der Waals surface area contributed by atoms with Crippen LogP contribution in [0.3, 0.4) is 0 Å². The molecule has 1 aromatic rings. The third-order valence-electron chi connectivity index (χ3n) is 4.43. The van der Waals surface area contributed by atoms with E-state index in [1.807, 2.05) is 0 Å². The Morgan fingerprint density at radius 1 is 1.19 bits per heavy atom. The van der Waals surface area contributed by atoms with Crippen molar-refractivity contribution in [1.82, 2.24) is 5.32 Å². The number of benzene rings is 1. The second kappa shape index (κ2) is 7.41. The van der Waals surface area contributed by atoms with Crippen LogP contribution < -0.4 is 14.8 Å². The van der Waals surface area contributed by atoms with Gasteiger partial charge in [0.1, 0.15) is 0 Å². The first-order valence-electron chi connectivity index (χ1n) is 8.01. The molecule has 3 nitrogen and oxygen atoms in total. The molecular formula is C17H25NO2S. The van der Waals surface area contributed by atoms with E-state index in [1.54, 1.807) is 0 Å². The van der Waals surface area contributed by atoms with E-state index in [0.29, 0.717) is 6.04 Å². The molecule has 0 bridgehead atoms. The molecule has 1 unspecified atom stereocenters. The van der Waals surface area contributed by atoms with Crippen molar-refractivity contribution in [2.75, 3.05) is 31.8 Å². The number of thioether (sulfide) groups is 1. The third kappa shape index (κ3) is 3.86. The van der Waals surface area contributed by atoms with Gasteiger partial charge in [-0.05, 0) is 61.4 Å². The van der Waals surface area contributed by atoms with Gasteiger partial charge in [-0.3, -0.25) is 0 Å². The van der Waals surface area contributed by atoms with E-state index >= 15 is 0 Å². The number of hydrogen-bond donors (Lipinski definition) is 1. The summed E-state index contributed by atoms with van der Waals surface area (Å²) in [5, 5.41) is 3.48. The average molecular weight is 307 g/mol. The minimum atomic E-state index is 0.412. The first-order chi connectivity index (χ1) is 10.4. The molecule has 2 aliphatic heterocycles. The number of hydrogen-bond acceptors (Lipinski definition) is 4. The van der Waals surface area contributed by atoms with Crippen LogP contribution in [0.5, 0.6) is 11.5 Å². The highest BCUT2D eigenvalue weighted by atomic mass is 32.2. The van der Waals surface area contributed by atoms with Crippen molar-refractivity contribution in [2.24, 2.45) is 5.92 Å². The Morgan fingerprint density at radius 3 is 2.71 bits per heavy atom. The lowest BCUT2D eigenvalue weighted by molar-refractivity contribution is 0.296. The van der Waals surface area contributed by atoms with E-state index in [1.165, 1.54) is 36.3 Å². The largest absolute Gasteiger partial charge is 0.490 e. The molecule has 4 heteroatoms. The lowest BCUT2D eigenvalue weighted by Gasteiger charge is -2.26. The van der Waals surface area contributed by atoms with Crippen molar-refractivity contribution in [3.05, 3.63) is 23.8 Å². The zero-order chi connectivity index (χ0) is 14.5. The van der Waals surface area contributed by atoms with Gasteiger partial charge in [0.2, 0.25) is 0 Å². The maximum absolute atomic E-state index is 5.82. The molecule has 3 rings (SSSR count). The minimum absolute atomic E-state index is 0.412. The molecule has 1 fully saturated rings. The van der Waals surface area contributed by atoms with Gasteiger partial charge >= 0.3 is 0 Å². The van der Waals surface area contributed by atoms with Crippen molar-refractivity contribution < 1.29 is 9.47 Å². The molecule has 116 valence electrons. The third-order valence-corrected chi connectivity index (χ3v) is 5.48. The van der Waals surface area contributed by atoms with Gasteiger partial charge in [0.25, 0.3) is 0 Å². The second-order valence-electron chi connectivity index (χ2n) is 5.89. The number of rotatable bonds is 4. The average Bonchev–Trinajstić information content (AvgIpc) is 2.78. The molecule has 0 spiro atoms. The Morgan fingerprint density at radius 2 is 1.95 bits per heavy atom. The fourth-order valence-corrected chi connectivity index (χ4v) is 4.34. The summed E-state index contributed by atoms with van der Waals surface area (Å²) in [5.41, 5.74) is 1.32. The molecule has 0 amide bonds. The first kappa shape index (κ1) is 15.0. The topological polar surface area (TPSA) is 30.5 Å². The van der Waals surface area contributed by atoms with Crippen molar-refractivity contribution in [2.45, 2.75) is 31.7 Å². The van der Waals surface area contributed by atoms with Crippen molar-refractivity contribution >= 4 is 11.8 Å². The Labute approximate surface area is 131 Å². The quantitative estimate of drug-likeness (QED) is 0.920. The molecule has 0 saturated carbocycles. The van der Waals surface area contributed by atoms with Crippen LogP contribution in [0.2, 0.25) is 0 Å². The van der Waals surface area contributed by atoms with Crippen LogP contribution in [0, 0.1) is 5.92 Å². The molecule has 0 aliphatic carbocycles. The molecule has 1 atom stereocenters. The van der Waals surface area contributed by atoms with Crippen LogP contribution in [0.25, 0.3) is 0 Å². The maximum Gasteiger partial charge on any atom is 0.161 e. The smallest absolute Gasteiger partial charge is 0.161 e. The molecule has 1 aromatic carbocycles.